The number of carbonyl (C=O) groups excluding carboxylic acids is 1. The average Bonchev–Trinajstić information content (AvgIpc) is 2.99. The van der Waals surface area contributed by atoms with Gasteiger partial charge in [0.25, 0.3) is 5.91 Å². The van der Waals surface area contributed by atoms with E-state index >= 15 is 0 Å². The van der Waals surface area contributed by atoms with E-state index in [2.05, 4.69) is 25.9 Å². The third-order valence-corrected chi connectivity index (χ3v) is 4.35. The summed E-state index contributed by atoms with van der Waals surface area (Å²) in [5, 5.41) is 0.236. The molecular weight excluding hydrogens is 354 g/mol. The molecule has 3 rings (SSSR count). The molecule has 0 N–H and O–H groups in total. The largest absolute Gasteiger partial charge is 0.331 e. The molecule has 108 valence electrons. The molecule has 0 bridgehead atoms. The van der Waals surface area contributed by atoms with Crippen LogP contribution < -0.4 is 0 Å². The van der Waals surface area contributed by atoms with Gasteiger partial charge in [-0.3, -0.25) is 9.78 Å². The van der Waals surface area contributed by atoms with Crippen molar-refractivity contribution in [2.24, 2.45) is 0 Å². The van der Waals surface area contributed by atoms with Crippen molar-refractivity contribution in [3.8, 4) is 0 Å². The van der Waals surface area contributed by atoms with Crippen molar-refractivity contribution in [3.05, 3.63) is 57.5 Å². The fourth-order valence-corrected chi connectivity index (χ4v) is 3.17. The fraction of sp³-hybridized carbons (Fsp3) is 0.267. The molecule has 0 spiro atoms. The van der Waals surface area contributed by atoms with Crippen LogP contribution in [0.15, 0.2) is 41.3 Å². The molecule has 0 saturated carbocycles. The maximum absolute atomic E-state index is 12.8. The van der Waals surface area contributed by atoms with Gasteiger partial charge in [0.15, 0.2) is 0 Å². The van der Waals surface area contributed by atoms with Crippen molar-refractivity contribution in [3.63, 3.8) is 0 Å². The zero-order chi connectivity index (χ0) is 14.8. The lowest BCUT2D eigenvalue weighted by Gasteiger charge is -2.25. The highest BCUT2D eigenvalue weighted by atomic mass is 79.9. The first-order valence-corrected chi connectivity index (χ1v) is 7.86. The van der Waals surface area contributed by atoms with Crippen LogP contribution in [0.5, 0.6) is 0 Å². The highest BCUT2D eigenvalue weighted by molar-refractivity contribution is 9.10. The van der Waals surface area contributed by atoms with Crippen molar-refractivity contribution in [1.29, 1.82) is 0 Å². The van der Waals surface area contributed by atoms with Crippen LogP contribution in [-0.2, 0) is 0 Å². The minimum absolute atomic E-state index is 0.0567. The number of aromatic nitrogens is 2. The predicted octanol–water partition coefficient (Wildman–Crippen LogP) is 3.87. The van der Waals surface area contributed by atoms with E-state index in [0.717, 1.165) is 29.4 Å². The highest BCUT2D eigenvalue weighted by Gasteiger charge is 2.31. The molecule has 21 heavy (non-hydrogen) atoms. The molecule has 4 nitrogen and oxygen atoms in total. The van der Waals surface area contributed by atoms with Gasteiger partial charge in [-0.15, -0.1) is 0 Å². The van der Waals surface area contributed by atoms with E-state index in [9.17, 15) is 4.79 Å². The van der Waals surface area contributed by atoms with Crippen LogP contribution >= 0.6 is 27.5 Å². The first-order chi connectivity index (χ1) is 10.2. The van der Waals surface area contributed by atoms with E-state index in [0.29, 0.717) is 5.56 Å². The summed E-state index contributed by atoms with van der Waals surface area (Å²) in [5.41, 5.74) is 1.49. The van der Waals surface area contributed by atoms with Crippen molar-refractivity contribution >= 4 is 33.4 Å². The Morgan fingerprint density at radius 1 is 1.43 bits per heavy atom. The summed E-state index contributed by atoms with van der Waals surface area (Å²) in [6, 6.07) is 5.67. The number of pyridine rings is 2. The van der Waals surface area contributed by atoms with E-state index < -0.39 is 0 Å². The van der Waals surface area contributed by atoms with Crippen LogP contribution in [0.2, 0.25) is 5.15 Å². The second kappa shape index (κ2) is 6.12. The Bertz CT molecular complexity index is 665. The number of likely N-dealkylation sites (tertiary alicyclic amines) is 1. The van der Waals surface area contributed by atoms with E-state index in [1.807, 2.05) is 23.2 Å². The zero-order valence-electron chi connectivity index (χ0n) is 11.2. The predicted molar refractivity (Wildman–Crippen MR) is 84.2 cm³/mol. The monoisotopic (exact) mass is 365 g/mol. The molecule has 0 radical (unpaired) electrons. The average molecular weight is 367 g/mol. The van der Waals surface area contributed by atoms with Crippen LogP contribution in [0.25, 0.3) is 0 Å². The standard InChI is InChI=1S/C15H13BrClN3O/c16-11-7-12(14(17)19-9-11)15(21)20-6-2-4-13(20)10-3-1-5-18-8-10/h1,3,5,7-9,13H,2,4,6H2. The van der Waals surface area contributed by atoms with Crippen molar-refractivity contribution in [2.75, 3.05) is 6.54 Å². The Morgan fingerprint density at radius 3 is 3.05 bits per heavy atom. The van der Waals surface area contributed by atoms with Crippen LogP contribution in [0.1, 0.15) is 34.8 Å². The normalized spacial score (nSPS) is 18.0. The Morgan fingerprint density at radius 2 is 2.29 bits per heavy atom. The van der Waals surface area contributed by atoms with E-state index in [1.54, 1.807) is 18.5 Å². The van der Waals surface area contributed by atoms with Gasteiger partial charge in [0.05, 0.1) is 11.6 Å². The molecule has 1 aliphatic rings. The van der Waals surface area contributed by atoms with Gasteiger partial charge in [0.2, 0.25) is 0 Å². The summed E-state index contributed by atoms with van der Waals surface area (Å²) in [4.78, 5) is 22.8. The summed E-state index contributed by atoms with van der Waals surface area (Å²) in [6.45, 7) is 0.723. The molecular formula is C15H13BrClN3O. The highest BCUT2D eigenvalue weighted by Crippen LogP contribution is 2.33. The van der Waals surface area contributed by atoms with Gasteiger partial charge in [-0.25, -0.2) is 4.98 Å². The van der Waals surface area contributed by atoms with Gasteiger partial charge < -0.3 is 4.90 Å². The third-order valence-electron chi connectivity index (χ3n) is 3.62. The fourth-order valence-electron chi connectivity index (χ4n) is 2.66. The second-order valence-electron chi connectivity index (χ2n) is 4.93. The van der Waals surface area contributed by atoms with Gasteiger partial charge in [-0.05, 0) is 46.5 Å². The van der Waals surface area contributed by atoms with Gasteiger partial charge in [-0.2, -0.15) is 0 Å². The Balaban J connectivity index is 1.92. The Hall–Kier alpha value is -1.46. The van der Waals surface area contributed by atoms with Crippen molar-refractivity contribution < 1.29 is 4.79 Å². The molecule has 1 fully saturated rings. The van der Waals surface area contributed by atoms with Gasteiger partial charge in [-0.1, -0.05) is 17.7 Å². The molecule has 1 saturated heterocycles. The number of halogens is 2. The quantitative estimate of drug-likeness (QED) is 0.758. The lowest BCUT2D eigenvalue weighted by atomic mass is 10.1. The number of hydrogen-bond acceptors (Lipinski definition) is 3. The molecule has 0 aromatic carbocycles. The smallest absolute Gasteiger partial charge is 0.257 e. The maximum Gasteiger partial charge on any atom is 0.257 e. The SMILES string of the molecule is O=C(c1cc(Br)cnc1Cl)N1CCCC1c1cccnc1. The van der Waals surface area contributed by atoms with Crippen molar-refractivity contribution in [2.45, 2.75) is 18.9 Å². The Labute approximate surface area is 136 Å². The molecule has 6 heteroatoms. The first kappa shape index (κ1) is 14.5. The zero-order valence-corrected chi connectivity index (χ0v) is 13.5. The summed E-state index contributed by atoms with van der Waals surface area (Å²) < 4.78 is 0.743. The van der Waals surface area contributed by atoms with Crippen LogP contribution in [0.4, 0.5) is 0 Å². The molecule has 1 amide bonds. The number of carbonyl (C=O) groups is 1. The van der Waals surface area contributed by atoms with Gasteiger partial charge in [0, 0.05) is 29.6 Å². The van der Waals surface area contributed by atoms with Crippen molar-refractivity contribution in [1.82, 2.24) is 14.9 Å². The van der Waals surface area contributed by atoms with E-state index in [1.165, 1.54) is 0 Å². The number of nitrogens with zero attached hydrogens (tertiary/aromatic N) is 3. The molecule has 2 aromatic heterocycles. The minimum atomic E-state index is -0.0832. The maximum atomic E-state index is 12.8. The van der Waals surface area contributed by atoms with E-state index in [4.69, 9.17) is 11.6 Å². The molecule has 3 heterocycles. The third kappa shape index (κ3) is 2.94. The molecule has 1 atom stereocenters. The molecule has 2 aromatic rings. The van der Waals surface area contributed by atoms with Crippen LogP contribution in [0.3, 0.4) is 0 Å². The first-order valence-electron chi connectivity index (χ1n) is 6.69. The summed E-state index contributed by atoms with van der Waals surface area (Å²) in [7, 11) is 0. The second-order valence-corrected chi connectivity index (χ2v) is 6.21. The molecule has 0 aliphatic carbocycles. The van der Waals surface area contributed by atoms with Gasteiger partial charge in [0.1, 0.15) is 5.15 Å². The summed E-state index contributed by atoms with van der Waals surface area (Å²) in [5.74, 6) is -0.0832. The lowest BCUT2D eigenvalue weighted by molar-refractivity contribution is 0.0735. The number of amides is 1. The summed E-state index contributed by atoms with van der Waals surface area (Å²) >= 11 is 9.40. The number of rotatable bonds is 2. The van der Waals surface area contributed by atoms with Gasteiger partial charge >= 0.3 is 0 Å². The minimum Gasteiger partial charge on any atom is -0.331 e. The topological polar surface area (TPSA) is 46.1 Å². The number of hydrogen-bond donors (Lipinski definition) is 0. The van der Waals surface area contributed by atoms with Crippen LogP contribution in [-0.4, -0.2) is 27.3 Å². The summed E-state index contributed by atoms with van der Waals surface area (Å²) in [6.07, 6.45) is 7.05. The van der Waals surface area contributed by atoms with E-state index in [-0.39, 0.29) is 17.1 Å². The molecule has 1 aliphatic heterocycles. The lowest BCUT2D eigenvalue weighted by Crippen LogP contribution is -2.31. The van der Waals surface area contributed by atoms with Crippen LogP contribution in [0, 0.1) is 0 Å². The Kier molecular flexibility index (Phi) is 4.22. The molecule has 1 unspecified atom stereocenters.